The summed E-state index contributed by atoms with van der Waals surface area (Å²) in [6.07, 6.45) is 1.55. The van der Waals surface area contributed by atoms with Crippen molar-refractivity contribution in [3.05, 3.63) is 35.4 Å². The summed E-state index contributed by atoms with van der Waals surface area (Å²) in [5, 5.41) is 4.03. The van der Waals surface area contributed by atoms with Crippen molar-refractivity contribution in [1.82, 2.24) is 14.8 Å². The molecule has 0 aromatic carbocycles. The van der Waals surface area contributed by atoms with E-state index < -0.39 is 5.91 Å². The summed E-state index contributed by atoms with van der Waals surface area (Å²) in [6, 6.07) is 3.63. The van der Waals surface area contributed by atoms with E-state index in [0.29, 0.717) is 6.54 Å². The summed E-state index contributed by atoms with van der Waals surface area (Å²) in [7, 11) is 1.59. The van der Waals surface area contributed by atoms with E-state index in [0.717, 1.165) is 17.1 Å². The summed E-state index contributed by atoms with van der Waals surface area (Å²) in [4.78, 5) is 15.4. The molecule has 2 rings (SSSR count). The molecular formula is C12H15N5O2. The number of anilines is 1. The molecule has 0 radical (unpaired) electrons. The summed E-state index contributed by atoms with van der Waals surface area (Å²) >= 11 is 0. The summed E-state index contributed by atoms with van der Waals surface area (Å²) < 4.78 is 6.70. The Hall–Kier alpha value is -2.57. The van der Waals surface area contributed by atoms with Crippen LogP contribution in [0.1, 0.15) is 21.9 Å². The van der Waals surface area contributed by atoms with E-state index in [4.69, 9.17) is 16.2 Å². The van der Waals surface area contributed by atoms with Crippen LogP contribution in [0.25, 0.3) is 0 Å². The van der Waals surface area contributed by atoms with Crippen LogP contribution in [0.4, 0.5) is 5.69 Å². The minimum Gasteiger partial charge on any atom is -0.497 e. The third kappa shape index (κ3) is 2.82. The molecule has 0 atom stereocenters. The number of pyridine rings is 1. The van der Waals surface area contributed by atoms with Crippen molar-refractivity contribution in [2.75, 3.05) is 12.8 Å². The number of carbonyl (C=O) groups is 1. The van der Waals surface area contributed by atoms with Crippen molar-refractivity contribution in [1.29, 1.82) is 0 Å². The van der Waals surface area contributed by atoms with Gasteiger partial charge < -0.3 is 16.2 Å². The maximum Gasteiger partial charge on any atom is 0.271 e. The van der Waals surface area contributed by atoms with Crippen molar-refractivity contribution in [3.63, 3.8) is 0 Å². The van der Waals surface area contributed by atoms with Crippen LogP contribution in [0.3, 0.4) is 0 Å². The van der Waals surface area contributed by atoms with Crippen LogP contribution in [-0.4, -0.2) is 27.8 Å². The number of carbonyl (C=O) groups excluding carboxylic acids is 1. The molecule has 100 valence electrons. The van der Waals surface area contributed by atoms with Gasteiger partial charge in [-0.25, -0.2) is 0 Å². The molecule has 2 aromatic heterocycles. The Morgan fingerprint density at radius 1 is 1.47 bits per heavy atom. The first-order chi connectivity index (χ1) is 8.99. The van der Waals surface area contributed by atoms with Crippen molar-refractivity contribution < 1.29 is 9.53 Å². The highest BCUT2D eigenvalue weighted by Crippen LogP contribution is 2.15. The van der Waals surface area contributed by atoms with Gasteiger partial charge in [0.05, 0.1) is 25.0 Å². The van der Waals surface area contributed by atoms with Gasteiger partial charge in [0.2, 0.25) is 0 Å². The number of nitrogen functional groups attached to an aromatic ring is 1. The number of nitrogens with zero attached hydrogens (tertiary/aromatic N) is 3. The van der Waals surface area contributed by atoms with Crippen LogP contribution in [0.5, 0.6) is 5.75 Å². The molecule has 7 nitrogen and oxygen atoms in total. The SMILES string of the molecule is COc1cc(C)nc(Cn2cc(N)c(C(N)=O)n2)c1. The Bertz CT molecular complexity index is 621. The van der Waals surface area contributed by atoms with Gasteiger partial charge in [0.15, 0.2) is 5.69 Å². The summed E-state index contributed by atoms with van der Waals surface area (Å²) in [5.41, 5.74) is 12.7. The Balaban J connectivity index is 2.28. The molecule has 0 saturated carbocycles. The number of amides is 1. The second-order valence-electron chi connectivity index (χ2n) is 4.13. The zero-order valence-electron chi connectivity index (χ0n) is 10.8. The Morgan fingerprint density at radius 3 is 2.79 bits per heavy atom. The molecular weight excluding hydrogens is 246 g/mol. The average molecular weight is 261 g/mol. The smallest absolute Gasteiger partial charge is 0.271 e. The Labute approximate surface area is 110 Å². The molecule has 0 aliphatic carbocycles. The van der Waals surface area contributed by atoms with Crippen LogP contribution in [-0.2, 0) is 6.54 Å². The molecule has 7 heteroatoms. The Morgan fingerprint density at radius 2 is 2.21 bits per heavy atom. The molecule has 19 heavy (non-hydrogen) atoms. The highest BCUT2D eigenvalue weighted by Gasteiger charge is 2.12. The average Bonchev–Trinajstić information content (AvgIpc) is 2.69. The van der Waals surface area contributed by atoms with E-state index in [9.17, 15) is 4.79 Å². The van der Waals surface area contributed by atoms with Gasteiger partial charge in [-0.2, -0.15) is 5.10 Å². The van der Waals surface area contributed by atoms with Gasteiger partial charge in [0.25, 0.3) is 5.91 Å². The number of ether oxygens (including phenoxy) is 1. The fourth-order valence-electron chi connectivity index (χ4n) is 1.78. The molecule has 2 aromatic rings. The zero-order valence-corrected chi connectivity index (χ0v) is 10.8. The number of aromatic nitrogens is 3. The first-order valence-electron chi connectivity index (χ1n) is 5.64. The van der Waals surface area contributed by atoms with E-state index in [2.05, 4.69) is 10.1 Å². The molecule has 2 heterocycles. The quantitative estimate of drug-likeness (QED) is 0.824. The minimum absolute atomic E-state index is 0.0691. The van der Waals surface area contributed by atoms with Crippen molar-refractivity contribution in [2.45, 2.75) is 13.5 Å². The van der Waals surface area contributed by atoms with Crippen LogP contribution in [0.15, 0.2) is 18.3 Å². The van der Waals surface area contributed by atoms with Gasteiger partial charge in [0, 0.05) is 24.0 Å². The van der Waals surface area contributed by atoms with Crippen molar-refractivity contribution in [3.8, 4) is 5.75 Å². The molecule has 4 N–H and O–H groups in total. The molecule has 0 aliphatic heterocycles. The summed E-state index contributed by atoms with van der Waals surface area (Å²) in [5.74, 6) is 0.0729. The lowest BCUT2D eigenvalue weighted by Crippen LogP contribution is -2.14. The van der Waals surface area contributed by atoms with Gasteiger partial charge in [0.1, 0.15) is 5.75 Å². The number of primary amides is 1. The topological polar surface area (TPSA) is 109 Å². The molecule has 0 bridgehead atoms. The lowest BCUT2D eigenvalue weighted by molar-refractivity contribution is 0.0995. The monoisotopic (exact) mass is 261 g/mol. The molecule has 0 unspecified atom stereocenters. The lowest BCUT2D eigenvalue weighted by Gasteiger charge is -2.06. The molecule has 0 aliphatic rings. The maximum atomic E-state index is 11.1. The molecule has 1 amide bonds. The lowest BCUT2D eigenvalue weighted by atomic mass is 10.3. The molecule has 0 saturated heterocycles. The van der Waals surface area contributed by atoms with E-state index in [1.807, 2.05) is 13.0 Å². The number of hydrogen-bond donors (Lipinski definition) is 2. The highest BCUT2D eigenvalue weighted by molar-refractivity contribution is 5.95. The largest absolute Gasteiger partial charge is 0.497 e. The van der Waals surface area contributed by atoms with Crippen LogP contribution in [0, 0.1) is 6.92 Å². The summed E-state index contributed by atoms with van der Waals surface area (Å²) in [6.45, 7) is 2.26. The Kier molecular flexibility index (Phi) is 3.37. The first-order valence-corrected chi connectivity index (χ1v) is 5.64. The minimum atomic E-state index is -0.647. The number of nitrogens with two attached hydrogens (primary N) is 2. The highest BCUT2D eigenvalue weighted by atomic mass is 16.5. The van der Waals surface area contributed by atoms with Crippen LogP contribution >= 0.6 is 0 Å². The van der Waals surface area contributed by atoms with E-state index >= 15 is 0 Å². The second kappa shape index (κ2) is 4.97. The first kappa shape index (κ1) is 12.9. The van der Waals surface area contributed by atoms with E-state index in [1.54, 1.807) is 19.4 Å². The van der Waals surface area contributed by atoms with E-state index in [1.165, 1.54) is 4.68 Å². The number of aryl methyl sites for hydroxylation is 1. The molecule has 0 spiro atoms. The maximum absolute atomic E-state index is 11.1. The molecule has 0 fully saturated rings. The van der Waals surface area contributed by atoms with Crippen molar-refractivity contribution >= 4 is 11.6 Å². The fourth-order valence-corrected chi connectivity index (χ4v) is 1.78. The number of methoxy groups -OCH3 is 1. The third-order valence-corrected chi connectivity index (χ3v) is 2.56. The predicted molar refractivity (Wildman–Crippen MR) is 69.8 cm³/mol. The van der Waals surface area contributed by atoms with Gasteiger partial charge in [-0.1, -0.05) is 0 Å². The number of rotatable bonds is 4. The van der Waals surface area contributed by atoms with Gasteiger partial charge in [-0.3, -0.25) is 14.5 Å². The normalized spacial score (nSPS) is 10.4. The second-order valence-corrected chi connectivity index (χ2v) is 4.13. The van der Waals surface area contributed by atoms with Crippen LogP contribution < -0.4 is 16.2 Å². The zero-order chi connectivity index (χ0) is 14.0. The fraction of sp³-hybridized carbons (Fsp3) is 0.250. The number of hydrogen-bond acceptors (Lipinski definition) is 5. The van der Waals surface area contributed by atoms with Gasteiger partial charge >= 0.3 is 0 Å². The van der Waals surface area contributed by atoms with E-state index in [-0.39, 0.29) is 11.4 Å². The van der Waals surface area contributed by atoms with Gasteiger partial charge in [-0.05, 0) is 6.92 Å². The standard InChI is InChI=1S/C12H15N5O2/c1-7-3-9(19-2)4-8(15-7)5-17-6-10(13)11(16-17)12(14)18/h3-4,6H,5,13H2,1-2H3,(H2,14,18). The predicted octanol–water partition coefficient (Wildman–Crippen LogP) is 0.325. The third-order valence-electron chi connectivity index (χ3n) is 2.56. The van der Waals surface area contributed by atoms with Crippen LogP contribution in [0.2, 0.25) is 0 Å². The van der Waals surface area contributed by atoms with Crippen molar-refractivity contribution in [2.24, 2.45) is 5.73 Å². The van der Waals surface area contributed by atoms with Gasteiger partial charge in [-0.15, -0.1) is 0 Å².